The zero-order valence-electron chi connectivity index (χ0n) is 12.4. The molecule has 5 nitrogen and oxygen atoms in total. The highest BCUT2D eigenvalue weighted by atomic mass is 79.9. The Labute approximate surface area is 133 Å². The normalized spacial score (nSPS) is 13.8. The Balaban J connectivity index is 2.17. The summed E-state index contributed by atoms with van der Waals surface area (Å²) in [7, 11) is 0. The van der Waals surface area contributed by atoms with E-state index in [2.05, 4.69) is 29.8 Å². The summed E-state index contributed by atoms with van der Waals surface area (Å²) < 4.78 is 12.1. The third-order valence-corrected chi connectivity index (χ3v) is 3.85. The molecule has 0 radical (unpaired) electrons. The summed E-state index contributed by atoms with van der Waals surface area (Å²) in [6, 6.07) is 3.88. The fraction of sp³-hybridized carbons (Fsp3) is 0.533. The van der Waals surface area contributed by atoms with E-state index in [0.717, 1.165) is 28.1 Å². The van der Waals surface area contributed by atoms with E-state index in [1.807, 2.05) is 17.0 Å². The van der Waals surface area contributed by atoms with Gasteiger partial charge in [0.1, 0.15) is 13.2 Å². The van der Waals surface area contributed by atoms with Crippen molar-refractivity contribution in [1.29, 1.82) is 0 Å². The predicted molar refractivity (Wildman–Crippen MR) is 84.4 cm³/mol. The number of primary amides is 1. The van der Waals surface area contributed by atoms with Crippen LogP contribution in [-0.4, -0.2) is 37.1 Å². The van der Waals surface area contributed by atoms with Crippen molar-refractivity contribution in [1.82, 2.24) is 4.90 Å². The average Bonchev–Trinajstić information content (AvgIpc) is 2.38. The van der Waals surface area contributed by atoms with Crippen LogP contribution in [0.4, 0.5) is 0 Å². The number of hydrogen-bond donors (Lipinski definition) is 1. The maximum atomic E-state index is 11.2. The largest absolute Gasteiger partial charge is 0.486 e. The number of rotatable bonds is 6. The molecule has 0 saturated carbocycles. The minimum absolute atomic E-state index is 0.249. The van der Waals surface area contributed by atoms with Gasteiger partial charge in [0.05, 0.1) is 6.54 Å². The van der Waals surface area contributed by atoms with Crippen LogP contribution in [0.2, 0.25) is 0 Å². The number of benzene rings is 1. The molecule has 1 aromatic carbocycles. The molecular formula is C15H21BrN2O3. The smallest absolute Gasteiger partial charge is 0.231 e. The van der Waals surface area contributed by atoms with Crippen LogP contribution in [0.3, 0.4) is 0 Å². The van der Waals surface area contributed by atoms with Gasteiger partial charge in [-0.1, -0.05) is 29.8 Å². The van der Waals surface area contributed by atoms with Crippen molar-refractivity contribution in [2.75, 3.05) is 26.3 Å². The van der Waals surface area contributed by atoms with Crippen LogP contribution < -0.4 is 15.2 Å². The number of hydrogen-bond acceptors (Lipinski definition) is 4. The van der Waals surface area contributed by atoms with E-state index in [9.17, 15) is 4.79 Å². The van der Waals surface area contributed by atoms with E-state index >= 15 is 0 Å². The molecule has 0 unspecified atom stereocenters. The zero-order chi connectivity index (χ0) is 15.4. The highest BCUT2D eigenvalue weighted by molar-refractivity contribution is 9.10. The molecule has 2 rings (SSSR count). The Morgan fingerprint density at radius 2 is 1.95 bits per heavy atom. The molecule has 0 bridgehead atoms. The maximum absolute atomic E-state index is 11.2. The van der Waals surface area contributed by atoms with E-state index in [4.69, 9.17) is 15.2 Å². The van der Waals surface area contributed by atoms with Crippen LogP contribution in [0.15, 0.2) is 16.6 Å². The van der Waals surface area contributed by atoms with Gasteiger partial charge in [0, 0.05) is 17.6 Å². The number of fused-ring (bicyclic) bond motifs is 1. The second kappa shape index (κ2) is 7.13. The Kier molecular flexibility index (Phi) is 5.47. The Morgan fingerprint density at radius 1 is 1.33 bits per heavy atom. The van der Waals surface area contributed by atoms with Gasteiger partial charge >= 0.3 is 0 Å². The van der Waals surface area contributed by atoms with Crippen LogP contribution >= 0.6 is 15.9 Å². The van der Waals surface area contributed by atoms with Gasteiger partial charge in [0.15, 0.2) is 11.5 Å². The summed E-state index contributed by atoms with van der Waals surface area (Å²) in [5.41, 5.74) is 6.39. The van der Waals surface area contributed by atoms with Gasteiger partial charge < -0.3 is 15.2 Å². The monoisotopic (exact) mass is 356 g/mol. The Morgan fingerprint density at radius 3 is 2.52 bits per heavy atom. The second-order valence-electron chi connectivity index (χ2n) is 5.62. The fourth-order valence-corrected chi connectivity index (χ4v) is 2.84. The fourth-order valence-electron chi connectivity index (χ4n) is 2.39. The molecule has 0 saturated heterocycles. The van der Waals surface area contributed by atoms with Crippen molar-refractivity contribution in [3.63, 3.8) is 0 Å². The van der Waals surface area contributed by atoms with Crippen molar-refractivity contribution in [3.8, 4) is 11.5 Å². The molecule has 0 fully saturated rings. The molecule has 0 aromatic heterocycles. The van der Waals surface area contributed by atoms with E-state index in [-0.39, 0.29) is 12.5 Å². The van der Waals surface area contributed by atoms with Gasteiger partial charge in [0.25, 0.3) is 0 Å². The summed E-state index contributed by atoms with van der Waals surface area (Å²) >= 11 is 3.56. The quantitative estimate of drug-likeness (QED) is 0.848. The lowest BCUT2D eigenvalue weighted by atomic mass is 10.1. The summed E-state index contributed by atoms with van der Waals surface area (Å²) in [5.74, 6) is 1.65. The molecule has 1 heterocycles. The number of halogens is 1. The summed E-state index contributed by atoms with van der Waals surface area (Å²) in [6.07, 6.45) is 0. The van der Waals surface area contributed by atoms with Gasteiger partial charge in [-0.3, -0.25) is 9.69 Å². The SMILES string of the molecule is CC(C)CN(CC(N)=O)Cc1cc2c(cc1Br)OCCO2. The molecule has 1 aliphatic rings. The Bertz CT molecular complexity index is 520. The topological polar surface area (TPSA) is 64.8 Å². The molecule has 0 aliphatic carbocycles. The van der Waals surface area contributed by atoms with Crippen molar-refractivity contribution in [3.05, 3.63) is 22.2 Å². The molecule has 1 amide bonds. The van der Waals surface area contributed by atoms with E-state index in [1.54, 1.807) is 0 Å². The third-order valence-electron chi connectivity index (χ3n) is 3.11. The number of nitrogens with two attached hydrogens (primary N) is 1. The maximum Gasteiger partial charge on any atom is 0.231 e. The predicted octanol–water partition coefficient (Wildman–Crippen LogP) is 2.16. The standard InChI is InChI=1S/C15H21BrN2O3/c1-10(2)7-18(9-15(17)19)8-11-5-13-14(6-12(11)16)21-4-3-20-13/h5-6,10H,3-4,7-9H2,1-2H3,(H2,17,19). The summed E-state index contributed by atoms with van der Waals surface area (Å²) in [6.45, 7) is 7.06. The molecule has 6 heteroatoms. The van der Waals surface area contributed by atoms with Gasteiger partial charge in [-0.25, -0.2) is 0 Å². The number of carbonyl (C=O) groups excluding carboxylic acids is 1. The zero-order valence-corrected chi connectivity index (χ0v) is 14.0. The lowest BCUT2D eigenvalue weighted by molar-refractivity contribution is -0.119. The molecule has 0 atom stereocenters. The average molecular weight is 357 g/mol. The first kappa shape index (κ1) is 16.1. The van der Waals surface area contributed by atoms with Crippen molar-refractivity contribution in [2.24, 2.45) is 11.7 Å². The van der Waals surface area contributed by atoms with Crippen LogP contribution in [-0.2, 0) is 11.3 Å². The molecule has 0 spiro atoms. The summed E-state index contributed by atoms with van der Waals surface area (Å²) in [5, 5.41) is 0. The Hall–Kier alpha value is -1.27. The number of carbonyl (C=O) groups is 1. The number of amides is 1. The van der Waals surface area contributed by atoms with Crippen LogP contribution in [0.5, 0.6) is 11.5 Å². The first-order valence-electron chi connectivity index (χ1n) is 7.04. The molecule has 21 heavy (non-hydrogen) atoms. The molecule has 116 valence electrons. The van der Waals surface area contributed by atoms with E-state index < -0.39 is 0 Å². The lowest BCUT2D eigenvalue weighted by Crippen LogP contribution is -2.35. The summed E-state index contributed by atoms with van der Waals surface area (Å²) in [4.78, 5) is 13.3. The van der Waals surface area contributed by atoms with Crippen LogP contribution in [0, 0.1) is 5.92 Å². The van der Waals surface area contributed by atoms with Crippen molar-refractivity contribution < 1.29 is 14.3 Å². The van der Waals surface area contributed by atoms with Crippen molar-refractivity contribution >= 4 is 21.8 Å². The minimum atomic E-state index is -0.315. The number of ether oxygens (including phenoxy) is 2. The van der Waals surface area contributed by atoms with Gasteiger partial charge in [0.2, 0.25) is 5.91 Å². The van der Waals surface area contributed by atoms with E-state index in [1.165, 1.54) is 0 Å². The van der Waals surface area contributed by atoms with Gasteiger partial charge in [-0.15, -0.1) is 0 Å². The van der Waals surface area contributed by atoms with Crippen LogP contribution in [0.25, 0.3) is 0 Å². The molecule has 1 aliphatic heterocycles. The lowest BCUT2D eigenvalue weighted by Gasteiger charge is -2.25. The second-order valence-corrected chi connectivity index (χ2v) is 6.47. The highest BCUT2D eigenvalue weighted by Crippen LogP contribution is 2.36. The van der Waals surface area contributed by atoms with Crippen LogP contribution in [0.1, 0.15) is 19.4 Å². The van der Waals surface area contributed by atoms with Gasteiger partial charge in [-0.05, 0) is 23.6 Å². The van der Waals surface area contributed by atoms with Crippen molar-refractivity contribution in [2.45, 2.75) is 20.4 Å². The van der Waals surface area contributed by atoms with E-state index in [0.29, 0.717) is 25.7 Å². The first-order valence-corrected chi connectivity index (χ1v) is 7.83. The molecule has 2 N–H and O–H groups in total. The molecular weight excluding hydrogens is 336 g/mol. The minimum Gasteiger partial charge on any atom is -0.486 e. The molecule has 1 aromatic rings. The third kappa shape index (κ3) is 4.61. The first-order chi connectivity index (χ1) is 9.95. The highest BCUT2D eigenvalue weighted by Gasteiger charge is 2.18. The van der Waals surface area contributed by atoms with Gasteiger partial charge in [-0.2, -0.15) is 0 Å². The number of nitrogens with zero attached hydrogens (tertiary/aromatic N) is 1.